The second-order valence-corrected chi connectivity index (χ2v) is 6.99. The van der Waals surface area contributed by atoms with E-state index in [0.29, 0.717) is 23.1 Å². The summed E-state index contributed by atoms with van der Waals surface area (Å²) in [6.45, 7) is 0.756. The van der Waals surface area contributed by atoms with Gasteiger partial charge in [0.2, 0.25) is 10.0 Å². The molecule has 0 radical (unpaired) electrons. The number of nitrogens with one attached hydrogen (secondary N) is 1. The Kier molecular flexibility index (Phi) is 4.37. The molecule has 1 atom stereocenters. The molecular weight excluding hydrogens is 325 g/mol. The molecule has 1 N–H and O–H groups in total. The summed E-state index contributed by atoms with van der Waals surface area (Å²) in [7, 11) is -3.41. The molecule has 1 aromatic carbocycles. The molecule has 1 fully saturated rings. The molecule has 0 bridgehead atoms. The monoisotopic (exact) mass is 337 g/mol. The first kappa shape index (κ1) is 13.9. The Morgan fingerprint density at radius 1 is 1.50 bits per heavy atom. The molecule has 1 aromatic rings. The van der Waals surface area contributed by atoms with Gasteiger partial charge in [-0.25, -0.2) is 17.5 Å². The summed E-state index contributed by atoms with van der Waals surface area (Å²) in [5, 5.41) is -0.509. The highest BCUT2D eigenvalue weighted by Crippen LogP contribution is 2.19. The minimum atomic E-state index is -3.41. The van der Waals surface area contributed by atoms with Crippen molar-refractivity contribution >= 4 is 26.0 Å². The van der Waals surface area contributed by atoms with Gasteiger partial charge >= 0.3 is 0 Å². The van der Waals surface area contributed by atoms with E-state index < -0.39 is 21.1 Å². The van der Waals surface area contributed by atoms with Crippen LogP contribution in [0, 0.1) is 5.82 Å². The first-order valence-corrected chi connectivity index (χ1v) is 7.83. The van der Waals surface area contributed by atoms with E-state index in [4.69, 9.17) is 4.74 Å². The molecular formula is C11H13BrFNO3S. The first-order chi connectivity index (χ1) is 8.49. The predicted octanol–water partition coefficient (Wildman–Crippen LogP) is 1.80. The molecule has 1 aliphatic rings. The Hall–Kier alpha value is -0.500. The molecule has 1 heterocycles. The van der Waals surface area contributed by atoms with E-state index in [1.807, 2.05) is 0 Å². The largest absolute Gasteiger partial charge is 0.380 e. The average molecular weight is 338 g/mol. The highest BCUT2D eigenvalue weighted by Gasteiger charge is 2.29. The third kappa shape index (κ3) is 3.28. The Balaban J connectivity index is 2.04. The second kappa shape index (κ2) is 5.64. The van der Waals surface area contributed by atoms with Crippen molar-refractivity contribution in [3.05, 3.63) is 34.1 Å². The second-order valence-electron chi connectivity index (χ2n) is 4.09. The maximum Gasteiger partial charge on any atom is 0.217 e. The topological polar surface area (TPSA) is 55.4 Å². The molecule has 0 spiro atoms. The summed E-state index contributed by atoms with van der Waals surface area (Å²) in [5.41, 5.74) is 0.567. The smallest absolute Gasteiger partial charge is 0.217 e. The fraction of sp³-hybridized carbons (Fsp3) is 0.455. The third-order valence-electron chi connectivity index (χ3n) is 2.80. The van der Waals surface area contributed by atoms with E-state index in [9.17, 15) is 12.8 Å². The van der Waals surface area contributed by atoms with Crippen LogP contribution in [0.25, 0.3) is 0 Å². The fourth-order valence-corrected chi connectivity index (χ4v) is 3.39. The van der Waals surface area contributed by atoms with E-state index in [2.05, 4.69) is 20.7 Å². The van der Waals surface area contributed by atoms with Crippen molar-refractivity contribution in [3.63, 3.8) is 0 Å². The van der Waals surface area contributed by atoms with Crippen LogP contribution in [0.1, 0.15) is 12.0 Å². The average Bonchev–Trinajstić information content (AvgIpc) is 2.85. The van der Waals surface area contributed by atoms with Gasteiger partial charge in [-0.3, -0.25) is 0 Å². The van der Waals surface area contributed by atoms with Crippen LogP contribution in [-0.4, -0.2) is 26.9 Å². The molecule has 0 unspecified atom stereocenters. The Labute approximate surface area is 114 Å². The van der Waals surface area contributed by atoms with Crippen LogP contribution in [0.4, 0.5) is 4.39 Å². The van der Waals surface area contributed by atoms with Gasteiger partial charge in [0.25, 0.3) is 0 Å². The van der Waals surface area contributed by atoms with E-state index >= 15 is 0 Å². The number of ether oxygens (including phenoxy) is 1. The van der Waals surface area contributed by atoms with Crippen LogP contribution < -0.4 is 4.72 Å². The zero-order chi connectivity index (χ0) is 13.2. The van der Waals surface area contributed by atoms with Gasteiger partial charge in [0.05, 0.1) is 6.61 Å². The van der Waals surface area contributed by atoms with Gasteiger partial charge in [-0.1, -0.05) is 15.9 Å². The summed E-state index contributed by atoms with van der Waals surface area (Å²) in [4.78, 5) is 0. The van der Waals surface area contributed by atoms with Crippen molar-refractivity contribution in [1.29, 1.82) is 0 Å². The summed E-state index contributed by atoms with van der Waals surface area (Å²) in [5.74, 6) is -0.392. The molecule has 7 heteroatoms. The van der Waals surface area contributed by atoms with Gasteiger partial charge < -0.3 is 4.74 Å². The molecule has 1 aliphatic heterocycles. The van der Waals surface area contributed by atoms with Crippen molar-refractivity contribution in [2.24, 2.45) is 0 Å². The number of benzene rings is 1. The summed E-state index contributed by atoms with van der Waals surface area (Å²) >= 11 is 3.26. The van der Waals surface area contributed by atoms with Gasteiger partial charge in [-0.05, 0) is 30.2 Å². The van der Waals surface area contributed by atoms with Crippen molar-refractivity contribution in [2.75, 3.05) is 13.2 Å². The standard InChI is InChI=1S/C11H13BrFNO3S/c12-11-2-1-9(13)5-8(11)6-14-18(15,16)10-3-4-17-7-10/h1-2,5,10,14H,3-4,6-7H2/t10-/m1/s1. The van der Waals surface area contributed by atoms with Crippen LogP contribution in [-0.2, 0) is 21.3 Å². The molecule has 0 saturated carbocycles. The van der Waals surface area contributed by atoms with Crippen LogP contribution in [0.3, 0.4) is 0 Å². The van der Waals surface area contributed by atoms with Crippen molar-refractivity contribution in [1.82, 2.24) is 4.72 Å². The summed E-state index contributed by atoms with van der Waals surface area (Å²) < 4.78 is 45.1. The van der Waals surface area contributed by atoms with Crippen molar-refractivity contribution in [2.45, 2.75) is 18.2 Å². The van der Waals surface area contributed by atoms with Crippen molar-refractivity contribution in [3.8, 4) is 0 Å². The van der Waals surface area contributed by atoms with Crippen LogP contribution in [0.5, 0.6) is 0 Å². The highest BCUT2D eigenvalue weighted by molar-refractivity contribution is 9.10. The van der Waals surface area contributed by atoms with Gasteiger partial charge in [-0.2, -0.15) is 0 Å². The maximum absolute atomic E-state index is 13.0. The van der Waals surface area contributed by atoms with E-state index in [1.165, 1.54) is 12.1 Å². The Morgan fingerprint density at radius 2 is 2.28 bits per heavy atom. The molecule has 100 valence electrons. The molecule has 0 aliphatic carbocycles. The lowest BCUT2D eigenvalue weighted by atomic mass is 10.2. The fourth-order valence-electron chi connectivity index (χ4n) is 1.73. The lowest BCUT2D eigenvalue weighted by Gasteiger charge is -2.12. The molecule has 4 nitrogen and oxygen atoms in total. The number of halogens is 2. The summed E-state index contributed by atoms with van der Waals surface area (Å²) in [6, 6.07) is 4.17. The van der Waals surface area contributed by atoms with Gasteiger partial charge in [0.1, 0.15) is 11.1 Å². The van der Waals surface area contributed by atoms with E-state index in [-0.39, 0.29) is 13.2 Å². The van der Waals surface area contributed by atoms with Crippen LogP contribution in [0.2, 0.25) is 0 Å². The van der Waals surface area contributed by atoms with E-state index in [1.54, 1.807) is 6.07 Å². The zero-order valence-electron chi connectivity index (χ0n) is 9.53. The van der Waals surface area contributed by atoms with Gasteiger partial charge in [0.15, 0.2) is 0 Å². The third-order valence-corrected chi connectivity index (χ3v) is 5.37. The Morgan fingerprint density at radius 3 is 2.94 bits per heavy atom. The van der Waals surface area contributed by atoms with Crippen LogP contribution >= 0.6 is 15.9 Å². The quantitative estimate of drug-likeness (QED) is 0.911. The SMILES string of the molecule is O=S(=O)(NCc1cc(F)ccc1Br)[C@@H]1CCOC1. The number of sulfonamides is 1. The van der Waals surface area contributed by atoms with E-state index in [0.717, 1.165) is 0 Å². The van der Waals surface area contributed by atoms with Gasteiger partial charge in [-0.15, -0.1) is 0 Å². The lowest BCUT2D eigenvalue weighted by molar-refractivity contribution is 0.198. The van der Waals surface area contributed by atoms with Gasteiger partial charge in [0, 0.05) is 17.6 Å². The maximum atomic E-state index is 13.0. The number of hydrogen-bond donors (Lipinski definition) is 1. The minimum Gasteiger partial charge on any atom is -0.380 e. The van der Waals surface area contributed by atoms with Crippen molar-refractivity contribution < 1.29 is 17.5 Å². The first-order valence-electron chi connectivity index (χ1n) is 5.49. The molecule has 18 heavy (non-hydrogen) atoms. The molecule has 0 amide bonds. The van der Waals surface area contributed by atoms with Crippen LogP contribution in [0.15, 0.2) is 22.7 Å². The molecule has 0 aromatic heterocycles. The predicted molar refractivity (Wildman–Crippen MR) is 69.1 cm³/mol. The Bertz CT molecular complexity index is 529. The molecule has 2 rings (SSSR count). The zero-order valence-corrected chi connectivity index (χ0v) is 11.9. The lowest BCUT2D eigenvalue weighted by Crippen LogP contribution is -2.34. The highest BCUT2D eigenvalue weighted by atomic mass is 79.9. The number of hydrogen-bond acceptors (Lipinski definition) is 3. The molecule has 1 saturated heterocycles. The summed E-state index contributed by atoms with van der Waals surface area (Å²) in [6.07, 6.45) is 0.500. The number of rotatable bonds is 4. The normalized spacial score (nSPS) is 20.2. The minimum absolute atomic E-state index is 0.0666.